The van der Waals surface area contributed by atoms with Gasteiger partial charge in [-0.25, -0.2) is 0 Å². The smallest absolute Gasteiger partial charge is 0.225 e. The number of carbonyl (C=O) groups excluding carboxylic acids is 1. The first-order valence-corrected chi connectivity index (χ1v) is 6.25. The van der Waals surface area contributed by atoms with Gasteiger partial charge in [-0.3, -0.25) is 4.79 Å². The van der Waals surface area contributed by atoms with Crippen molar-refractivity contribution in [3.8, 4) is 5.75 Å². The van der Waals surface area contributed by atoms with Crippen molar-refractivity contribution in [3.63, 3.8) is 0 Å². The van der Waals surface area contributed by atoms with E-state index in [4.69, 9.17) is 10.5 Å². The van der Waals surface area contributed by atoms with Gasteiger partial charge in [-0.15, -0.1) is 0 Å². The number of methoxy groups -OCH3 is 1. The van der Waals surface area contributed by atoms with E-state index in [1.165, 1.54) is 0 Å². The van der Waals surface area contributed by atoms with E-state index in [-0.39, 0.29) is 24.0 Å². The van der Waals surface area contributed by atoms with Crippen LogP contribution in [0.3, 0.4) is 0 Å². The lowest BCUT2D eigenvalue weighted by molar-refractivity contribution is -0.130. The van der Waals surface area contributed by atoms with Gasteiger partial charge in [0.25, 0.3) is 0 Å². The lowest BCUT2D eigenvalue weighted by atomic mass is 10.00. The zero-order chi connectivity index (χ0) is 13.3. The first-order valence-electron chi connectivity index (χ1n) is 6.25. The minimum absolute atomic E-state index is 0.0485. The fourth-order valence-corrected chi connectivity index (χ4v) is 2.62. The third-order valence-corrected chi connectivity index (χ3v) is 3.40. The number of nitrogens with two attached hydrogens (primary N) is 1. The van der Waals surface area contributed by atoms with Crippen molar-refractivity contribution in [1.29, 1.82) is 0 Å². The molecule has 2 rings (SSSR count). The Hall–Kier alpha value is -1.55. The molecule has 1 heterocycles. The van der Waals surface area contributed by atoms with Crippen LogP contribution in [0.4, 0.5) is 0 Å². The van der Waals surface area contributed by atoms with Crippen LogP contribution in [0.15, 0.2) is 24.3 Å². The van der Waals surface area contributed by atoms with Gasteiger partial charge in [-0.2, -0.15) is 0 Å². The van der Waals surface area contributed by atoms with E-state index in [1.807, 2.05) is 43.0 Å². The molecule has 18 heavy (non-hydrogen) atoms. The molecule has 0 saturated carbocycles. The number of carbonyl (C=O) groups is 1. The Bertz CT molecular complexity index is 445. The molecule has 4 nitrogen and oxygen atoms in total. The fraction of sp³-hybridized carbons (Fsp3) is 0.500. The minimum atomic E-state index is -0.146. The van der Waals surface area contributed by atoms with Gasteiger partial charge in [0.05, 0.1) is 13.2 Å². The van der Waals surface area contributed by atoms with Crippen molar-refractivity contribution >= 4 is 5.91 Å². The maximum Gasteiger partial charge on any atom is 0.225 e. The quantitative estimate of drug-likeness (QED) is 0.886. The maximum atomic E-state index is 12.0. The number of benzene rings is 1. The normalized spacial score (nSPS) is 23.8. The Morgan fingerprint density at radius 1 is 1.44 bits per heavy atom. The van der Waals surface area contributed by atoms with Gasteiger partial charge in [0.2, 0.25) is 5.91 Å². The molecule has 2 atom stereocenters. The summed E-state index contributed by atoms with van der Waals surface area (Å²) in [6.45, 7) is 4.03. The summed E-state index contributed by atoms with van der Waals surface area (Å²) in [5.74, 6) is 0.924. The molecule has 1 aliphatic rings. The maximum absolute atomic E-state index is 12.0. The van der Waals surface area contributed by atoms with Gasteiger partial charge < -0.3 is 15.4 Å². The highest BCUT2D eigenvalue weighted by atomic mass is 16.5. The second-order valence-electron chi connectivity index (χ2n) is 4.98. The van der Waals surface area contributed by atoms with Gasteiger partial charge in [0, 0.05) is 18.5 Å². The van der Waals surface area contributed by atoms with E-state index in [2.05, 4.69) is 0 Å². The Balaban J connectivity index is 2.37. The average Bonchev–Trinajstić information content (AvgIpc) is 2.64. The van der Waals surface area contributed by atoms with Gasteiger partial charge >= 0.3 is 0 Å². The second-order valence-corrected chi connectivity index (χ2v) is 4.98. The predicted octanol–water partition coefficient (Wildman–Crippen LogP) is 1.70. The minimum Gasteiger partial charge on any atom is -0.497 e. The number of ether oxygens (including phenoxy) is 1. The molecule has 1 amide bonds. The van der Waals surface area contributed by atoms with Crippen LogP contribution in [-0.4, -0.2) is 30.0 Å². The molecule has 0 bridgehead atoms. The molecule has 1 fully saturated rings. The fourth-order valence-electron chi connectivity index (χ4n) is 2.62. The van der Waals surface area contributed by atoms with E-state index in [1.54, 1.807) is 7.11 Å². The highest BCUT2D eigenvalue weighted by Crippen LogP contribution is 2.34. The Labute approximate surface area is 108 Å². The number of amides is 1. The summed E-state index contributed by atoms with van der Waals surface area (Å²) in [4.78, 5) is 13.9. The highest BCUT2D eigenvalue weighted by molar-refractivity contribution is 5.80. The van der Waals surface area contributed by atoms with E-state index in [0.717, 1.165) is 11.3 Å². The van der Waals surface area contributed by atoms with Crippen LogP contribution in [-0.2, 0) is 4.79 Å². The predicted molar refractivity (Wildman–Crippen MR) is 70.3 cm³/mol. The standard InChI is InChI=1S/C14H20N2O2/c1-9(2)16-13(17)8-12(15)14(16)10-5-4-6-11(7-10)18-3/h4-7,9,12,14H,8,15H2,1-3H3/t12-,14+/m1/s1. The van der Waals surface area contributed by atoms with Crippen LogP contribution < -0.4 is 10.5 Å². The van der Waals surface area contributed by atoms with E-state index < -0.39 is 0 Å². The Morgan fingerprint density at radius 2 is 2.17 bits per heavy atom. The molecule has 0 spiro atoms. The van der Waals surface area contributed by atoms with Gasteiger partial charge in [-0.1, -0.05) is 12.1 Å². The SMILES string of the molecule is COc1cccc([C@H]2[C@H](N)CC(=O)N2C(C)C)c1. The molecule has 0 aromatic heterocycles. The number of hydrogen-bond donors (Lipinski definition) is 1. The van der Waals surface area contributed by atoms with Crippen LogP contribution in [0.5, 0.6) is 5.75 Å². The molecule has 0 unspecified atom stereocenters. The molecule has 1 aromatic carbocycles. The van der Waals surface area contributed by atoms with Gasteiger partial charge in [-0.05, 0) is 31.5 Å². The summed E-state index contributed by atoms with van der Waals surface area (Å²) in [5.41, 5.74) is 7.16. The van der Waals surface area contributed by atoms with Crippen LogP contribution >= 0.6 is 0 Å². The van der Waals surface area contributed by atoms with Crippen LogP contribution in [0, 0.1) is 0 Å². The molecule has 0 aliphatic carbocycles. The zero-order valence-corrected chi connectivity index (χ0v) is 11.1. The van der Waals surface area contributed by atoms with E-state index >= 15 is 0 Å². The third-order valence-electron chi connectivity index (χ3n) is 3.40. The largest absolute Gasteiger partial charge is 0.497 e. The molecular weight excluding hydrogens is 228 g/mol. The monoisotopic (exact) mass is 248 g/mol. The van der Waals surface area contributed by atoms with E-state index in [0.29, 0.717) is 6.42 Å². The molecule has 1 aliphatic heterocycles. The Morgan fingerprint density at radius 3 is 2.78 bits per heavy atom. The number of likely N-dealkylation sites (tertiary alicyclic amines) is 1. The van der Waals surface area contributed by atoms with Crippen LogP contribution in [0.1, 0.15) is 31.9 Å². The highest BCUT2D eigenvalue weighted by Gasteiger charge is 2.39. The van der Waals surface area contributed by atoms with Crippen molar-refractivity contribution < 1.29 is 9.53 Å². The third kappa shape index (κ3) is 2.20. The number of rotatable bonds is 3. The van der Waals surface area contributed by atoms with Crippen molar-refractivity contribution in [3.05, 3.63) is 29.8 Å². The number of nitrogens with zero attached hydrogens (tertiary/aromatic N) is 1. The first kappa shape index (κ1) is 12.9. The van der Waals surface area contributed by atoms with Crippen LogP contribution in [0.25, 0.3) is 0 Å². The molecular formula is C14H20N2O2. The molecule has 0 radical (unpaired) electrons. The van der Waals surface area contributed by atoms with Crippen molar-refractivity contribution in [2.24, 2.45) is 5.73 Å². The lowest BCUT2D eigenvalue weighted by Crippen LogP contribution is -2.37. The van der Waals surface area contributed by atoms with Crippen LogP contribution in [0.2, 0.25) is 0 Å². The summed E-state index contributed by atoms with van der Waals surface area (Å²) in [5, 5.41) is 0. The molecule has 1 saturated heterocycles. The molecule has 98 valence electrons. The topological polar surface area (TPSA) is 55.6 Å². The summed E-state index contributed by atoms with van der Waals surface area (Å²) in [7, 11) is 1.64. The molecule has 2 N–H and O–H groups in total. The molecule has 1 aromatic rings. The van der Waals surface area contributed by atoms with Crippen molar-refractivity contribution in [2.75, 3.05) is 7.11 Å². The summed E-state index contributed by atoms with van der Waals surface area (Å²) >= 11 is 0. The van der Waals surface area contributed by atoms with Gasteiger partial charge in [0.1, 0.15) is 5.75 Å². The Kier molecular flexibility index (Phi) is 3.57. The molecule has 4 heteroatoms. The summed E-state index contributed by atoms with van der Waals surface area (Å²) in [6.07, 6.45) is 0.417. The lowest BCUT2D eigenvalue weighted by Gasteiger charge is -2.30. The summed E-state index contributed by atoms with van der Waals surface area (Å²) < 4.78 is 5.23. The van der Waals surface area contributed by atoms with Crippen molar-refractivity contribution in [2.45, 2.75) is 38.4 Å². The summed E-state index contributed by atoms with van der Waals surface area (Å²) in [6, 6.07) is 7.75. The van der Waals surface area contributed by atoms with E-state index in [9.17, 15) is 4.79 Å². The second kappa shape index (κ2) is 4.98. The zero-order valence-electron chi connectivity index (χ0n) is 11.1. The van der Waals surface area contributed by atoms with Gasteiger partial charge in [0.15, 0.2) is 0 Å². The van der Waals surface area contributed by atoms with Crippen molar-refractivity contribution in [1.82, 2.24) is 4.90 Å². The number of hydrogen-bond acceptors (Lipinski definition) is 3. The average molecular weight is 248 g/mol. The first-order chi connectivity index (χ1) is 8.54.